The predicted octanol–water partition coefficient (Wildman–Crippen LogP) is 5.57. The maximum atomic E-state index is 12.0. The standard InChI is InChI=1S/C24H32N4O4Si/c1-14(32-33(5,6)24(2,3)4)22-26-27-23(30-22)17-12-16(13-17)18-19(21(25)29)28-31-20(18)15-10-8-7-9-11-15/h7-11,14,16-17H,12-13H2,1-6H3,(H2,25,29). The molecule has 9 heteroatoms. The zero-order chi connectivity index (χ0) is 24.0. The molecule has 0 bridgehead atoms. The Morgan fingerprint density at radius 1 is 1.15 bits per heavy atom. The highest BCUT2D eigenvalue weighted by Crippen LogP contribution is 2.50. The Balaban J connectivity index is 1.48. The van der Waals surface area contributed by atoms with E-state index in [1.165, 1.54) is 0 Å². The molecule has 0 saturated heterocycles. The molecule has 1 atom stereocenters. The molecule has 33 heavy (non-hydrogen) atoms. The lowest BCUT2D eigenvalue weighted by molar-refractivity contribution is 0.0989. The first-order valence-corrected chi connectivity index (χ1v) is 14.2. The van der Waals surface area contributed by atoms with Crippen LogP contribution >= 0.6 is 0 Å². The summed E-state index contributed by atoms with van der Waals surface area (Å²) < 4.78 is 17.9. The van der Waals surface area contributed by atoms with Crippen molar-refractivity contribution in [2.24, 2.45) is 5.73 Å². The van der Waals surface area contributed by atoms with Gasteiger partial charge in [0.25, 0.3) is 5.91 Å². The molecule has 1 fully saturated rings. The Hall–Kier alpha value is -2.78. The Morgan fingerprint density at radius 3 is 2.42 bits per heavy atom. The highest BCUT2D eigenvalue weighted by molar-refractivity contribution is 6.74. The zero-order valence-corrected chi connectivity index (χ0v) is 21.1. The average Bonchev–Trinajstić information content (AvgIpc) is 3.34. The van der Waals surface area contributed by atoms with Gasteiger partial charge in [-0.15, -0.1) is 10.2 Å². The third-order valence-corrected chi connectivity index (χ3v) is 11.5. The smallest absolute Gasteiger partial charge is 0.271 e. The summed E-state index contributed by atoms with van der Waals surface area (Å²) in [6.07, 6.45) is 1.24. The SMILES string of the molecule is CC(O[Si](C)(C)C(C)(C)C)c1nnc(C2CC(c3c(C(N)=O)noc3-c3ccccc3)C2)o1. The number of carbonyl (C=O) groups excluding carboxylic acids is 1. The molecule has 3 aromatic rings. The van der Waals surface area contributed by atoms with E-state index in [0.717, 1.165) is 24.0 Å². The number of benzene rings is 1. The molecule has 0 radical (unpaired) electrons. The highest BCUT2D eigenvalue weighted by Gasteiger charge is 2.42. The van der Waals surface area contributed by atoms with Crippen molar-refractivity contribution in [3.63, 3.8) is 0 Å². The van der Waals surface area contributed by atoms with Crippen LogP contribution in [-0.2, 0) is 4.43 Å². The van der Waals surface area contributed by atoms with Gasteiger partial charge in [0.2, 0.25) is 11.8 Å². The molecule has 1 aliphatic rings. The first kappa shape index (κ1) is 23.4. The van der Waals surface area contributed by atoms with Crippen LogP contribution in [0.2, 0.25) is 18.1 Å². The molecular formula is C24H32N4O4Si. The van der Waals surface area contributed by atoms with E-state index in [4.69, 9.17) is 19.1 Å². The topological polar surface area (TPSA) is 117 Å². The van der Waals surface area contributed by atoms with Gasteiger partial charge in [-0.3, -0.25) is 4.79 Å². The fourth-order valence-corrected chi connectivity index (χ4v) is 5.29. The van der Waals surface area contributed by atoms with Crippen LogP contribution in [0.4, 0.5) is 0 Å². The monoisotopic (exact) mass is 468 g/mol. The molecule has 2 aromatic heterocycles. The predicted molar refractivity (Wildman–Crippen MR) is 126 cm³/mol. The van der Waals surface area contributed by atoms with Gasteiger partial charge in [-0.2, -0.15) is 0 Å². The van der Waals surface area contributed by atoms with Gasteiger partial charge in [-0.25, -0.2) is 0 Å². The number of hydrogen-bond acceptors (Lipinski definition) is 7. The van der Waals surface area contributed by atoms with Gasteiger partial charge in [-0.1, -0.05) is 56.3 Å². The Kier molecular flexibility index (Phi) is 6.04. The van der Waals surface area contributed by atoms with Crippen LogP contribution in [0.15, 0.2) is 39.3 Å². The van der Waals surface area contributed by atoms with E-state index in [1.807, 2.05) is 37.3 Å². The summed E-state index contributed by atoms with van der Waals surface area (Å²) in [6.45, 7) is 13.0. The lowest BCUT2D eigenvalue weighted by Crippen LogP contribution is -2.41. The maximum absolute atomic E-state index is 12.0. The summed E-state index contributed by atoms with van der Waals surface area (Å²) in [5.41, 5.74) is 7.40. The Labute approximate surface area is 195 Å². The second-order valence-electron chi connectivity index (χ2n) is 10.4. The molecule has 1 amide bonds. The molecule has 1 saturated carbocycles. The molecule has 1 aromatic carbocycles. The quantitative estimate of drug-likeness (QED) is 0.450. The van der Waals surface area contributed by atoms with Crippen LogP contribution in [0, 0.1) is 0 Å². The normalized spacial score (nSPS) is 19.8. The Morgan fingerprint density at radius 2 is 1.82 bits per heavy atom. The third-order valence-electron chi connectivity index (χ3n) is 6.97. The number of aromatic nitrogens is 3. The van der Waals surface area contributed by atoms with Crippen molar-refractivity contribution in [2.75, 3.05) is 0 Å². The third kappa shape index (κ3) is 4.52. The van der Waals surface area contributed by atoms with Crippen molar-refractivity contribution in [2.45, 2.75) is 76.6 Å². The van der Waals surface area contributed by atoms with Crippen LogP contribution in [0.1, 0.15) is 86.3 Å². The first-order valence-electron chi connectivity index (χ1n) is 11.3. The zero-order valence-electron chi connectivity index (χ0n) is 20.1. The first-order chi connectivity index (χ1) is 15.5. The van der Waals surface area contributed by atoms with Crippen molar-refractivity contribution in [3.05, 3.63) is 53.4 Å². The summed E-state index contributed by atoms with van der Waals surface area (Å²) in [5.74, 6) is 1.30. The number of amides is 1. The molecule has 4 rings (SSSR count). The van der Waals surface area contributed by atoms with Crippen LogP contribution < -0.4 is 5.73 Å². The second-order valence-corrected chi connectivity index (χ2v) is 15.1. The van der Waals surface area contributed by atoms with Gasteiger partial charge in [0.15, 0.2) is 19.8 Å². The molecule has 0 aliphatic heterocycles. The Bertz CT molecular complexity index is 1130. The maximum Gasteiger partial charge on any atom is 0.271 e. The molecule has 2 heterocycles. The molecule has 1 unspecified atom stereocenters. The number of primary amides is 1. The van der Waals surface area contributed by atoms with Gasteiger partial charge in [0.05, 0.1) is 0 Å². The molecule has 176 valence electrons. The summed E-state index contributed by atoms with van der Waals surface area (Å²) in [5, 5.41) is 12.6. The van der Waals surface area contributed by atoms with E-state index < -0.39 is 14.2 Å². The molecule has 0 spiro atoms. The van der Waals surface area contributed by atoms with Gasteiger partial charge < -0.3 is 19.1 Å². The van der Waals surface area contributed by atoms with Crippen molar-refractivity contribution in [3.8, 4) is 11.3 Å². The van der Waals surface area contributed by atoms with Crippen molar-refractivity contribution in [1.29, 1.82) is 0 Å². The van der Waals surface area contributed by atoms with Crippen LogP contribution in [-0.4, -0.2) is 29.6 Å². The molecule has 1 aliphatic carbocycles. The van der Waals surface area contributed by atoms with Crippen LogP contribution in [0.3, 0.4) is 0 Å². The summed E-state index contributed by atoms with van der Waals surface area (Å²) in [7, 11) is -1.95. The van der Waals surface area contributed by atoms with Crippen LogP contribution in [0.25, 0.3) is 11.3 Å². The minimum Gasteiger partial charge on any atom is -0.422 e. The fourth-order valence-electron chi connectivity index (χ4n) is 3.95. The van der Waals surface area contributed by atoms with E-state index in [0.29, 0.717) is 17.5 Å². The van der Waals surface area contributed by atoms with Crippen molar-refractivity contribution in [1.82, 2.24) is 15.4 Å². The largest absolute Gasteiger partial charge is 0.422 e. The van der Waals surface area contributed by atoms with Crippen LogP contribution in [0.5, 0.6) is 0 Å². The van der Waals surface area contributed by atoms with Crippen molar-refractivity contribution < 1.29 is 18.2 Å². The lowest BCUT2D eigenvalue weighted by atomic mass is 9.70. The van der Waals surface area contributed by atoms with Gasteiger partial charge in [0, 0.05) is 17.0 Å². The molecule has 2 N–H and O–H groups in total. The van der Waals surface area contributed by atoms with Crippen molar-refractivity contribution >= 4 is 14.2 Å². The number of hydrogen-bond donors (Lipinski definition) is 1. The lowest BCUT2D eigenvalue weighted by Gasteiger charge is -2.37. The summed E-state index contributed by atoms with van der Waals surface area (Å²) >= 11 is 0. The number of nitrogens with two attached hydrogens (primary N) is 1. The minimum atomic E-state index is -1.95. The fraction of sp³-hybridized carbons (Fsp3) is 0.500. The summed E-state index contributed by atoms with van der Waals surface area (Å²) in [6, 6.07) is 9.62. The summed E-state index contributed by atoms with van der Waals surface area (Å²) in [4.78, 5) is 12.0. The number of nitrogens with zero attached hydrogens (tertiary/aromatic N) is 3. The van der Waals surface area contributed by atoms with Gasteiger partial charge >= 0.3 is 0 Å². The molecule has 8 nitrogen and oxygen atoms in total. The van der Waals surface area contributed by atoms with E-state index in [1.54, 1.807) is 0 Å². The van der Waals surface area contributed by atoms with E-state index in [-0.39, 0.29) is 28.7 Å². The van der Waals surface area contributed by atoms with E-state index in [2.05, 4.69) is 49.2 Å². The van der Waals surface area contributed by atoms with Gasteiger partial charge in [-0.05, 0) is 43.8 Å². The minimum absolute atomic E-state index is 0.0789. The average molecular weight is 469 g/mol. The van der Waals surface area contributed by atoms with E-state index >= 15 is 0 Å². The van der Waals surface area contributed by atoms with Gasteiger partial charge in [0.1, 0.15) is 6.10 Å². The van der Waals surface area contributed by atoms with E-state index in [9.17, 15) is 4.79 Å². The molecular weight excluding hydrogens is 436 g/mol. The number of rotatable bonds is 7. The second kappa shape index (κ2) is 8.53. The number of carbonyl (C=O) groups is 1. The highest BCUT2D eigenvalue weighted by atomic mass is 28.4.